The van der Waals surface area contributed by atoms with Gasteiger partial charge in [0.25, 0.3) is 0 Å². The summed E-state index contributed by atoms with van der Waals surface area (Å²) in [6.45, 7) is 6.59. The summed E-state index contributed by atoms with van der Waals surface area (Å²) in [5.41, 5.74) is 2.02. The third-order valence-corrected chi connectivity index (χ3v) is 4.92. The molecule has 0 unspecified atom stereocenters. The van der Waals surface area contributed by atoms with Crippen molar-refractivity contribution in [3.63, 3.8) is 0 Å². The van der Waals surface area contributed by atoms with Gasteiger partial charge >= 0.3 is 0 Å². The second kappa shape index (κ2) is 3.99. The number of halogens is 1. The molecule has 0 radical (unpaired) electrons. The molecule has 0 spiro atoms. The Morgan fingerprint density at radius 1 is 1.21 bits per heavy atom. The number of H-pyrrole nitrogens is 2. The molecular weight excluding hydrogens is 261 g/mol. The second-order valence-electron chi connectivity index (χ2n) is 5.51. The fourth-order valence-electron chi connectivity index (χ4n) is 2.12. The number of hydrogen-bond acceptors (Lipinski definition) is 3. The molecule has 0 fully saturated rings. The molecule has 0 saturated carbocycles. The van der Waals surface area contributed by atoms with Gasteiger partial charge in [-0.2, -0.15) is 0 Å². The molecule has 0 aromatic carbocycles. The normalized spacial score (nSPS) is 12.2. The van der Waals surface area contributed by atoms with Crippen molar-refractivity contribution in [2.75, 3.05) is 0 Å². The van der Waals surface area contributed by atoms with Crippen LogP contribution < -0.4 is 5.32 Å². The van der Waals surface area contributed by atoms with Crippen LogP contribution in [0.2, 0.25) is 19.6 Å². The van der Waals surface area contributed by atoms with Gasteiger partial charge in [0.05, 0.1) is 11.7 Å². The lowest BCUT2D eigenvalue weighted by molar-refractivity contribution is 0.634. The van der Waals surface area contributed by atoms with E-state index in [2.05, 4.69) is 45.0 Å². The molecular formula is C12H14FN5Si. The topological polar surface area (TPSA) is 70.2 Å². The van der Waals surface area contributed by atoms with E-state index >= 15 is 0 Å². The Morgan fingerprint density at radius 3 is 2.74 bits per heavy atom. The van der Waals surface area contributed by atoms with Gasteiger partial charge in [-0.1, -0.05) is 24.9 Å². The average molecular weight is 275 g/mol. The maximum absolute atomic E-state index is 13.7. The molecule has 0 amide bonds. The Hall–Kier alpha value is -2.02. The van der Waals surface area contributed by atoms with Crippen molar-refractivity contribution in [2.45, 2.75) is 19.6 Å². The van der Waals surface area contributed by atoms with Crippen LogP contribution >= 0.6 is 0 Å². The molecule has 7 heteroatoms. The predicted molar refractivity (Wildman–Crippen MR) is 74.4 cm³/mol. The first kappa shape index (κ1) is 12.0. The third-order valence-electron chi connectivity index (χ3n) is 3.07. The zero-order chi connectivity index (χ0) is 13.6. The molecule has 0 aliphatic carbocycles. The Bertz CT molecular complexity index is 740. The largest absolute Gasteiger partial charge is 0.359 e. The van der Waals surface area contributed by atoms with E-state index in [1.807, 2.05) is 0 Å². The number of aromatic nitrogens is 5. The van der Waals surface area contributed by atoms with Gasteiger partial charge in [0.1, 0.15) is 19.5 Å². The molecule has 3 aromatic rings. The first-order valence-corrected chi connectivity index (χ1v) is 9.52. The van der Waals surface area contributed by atoms with E-state index < -0.39 is 8.07 Å². The second-order valence-corrected chi connectivity index (χ2v) is 10.5. The van der Waals surface area contributed by atoms with Crippen LogP contribution in [0.25, 0.3) is 22.3 Å². The zero-order valence-corrected chi connectivity index (χ0v) is 12.0. The van der Waals surface area contributed by atoms with Crippen LogP contribution in [-0.2, 0) is 0 Å². The molecule has 5 nitrogen and oxygen atoms in total. The maximum atomic E-state index is 13.7. The summed E-state index contributed by atoms with van der Waals surface area (Å²) in [4.78, 5) is 7.22. The number of nitrogens with one attached hydrogen (secondary N) is 2. The molecule has 0 bridgehead atoms. The van der Waals surface area contributed by atoms with E-state index in [9.17, 15) is 4.39 Å². The molecule has 3 rings (SSSR count). The van der Waals surface area contributed by atoms with Crippen LogP contribution in [0.3, 0.4) is 0 Å². The van der Waals surface area contributed by atoms with Crippen molar-refractivity contribution in [3.8, 4) is 11.4 Å². The van der Waals surface area contributed by atoms with E-state index in [0.717, 1.165) is 5.32 Å². The summed E-state index contributed by atoms with van der Waals surface area (Å²) >= 11 is 0. The monoisotopic (exact) mass is 275 g/mol. The smallest absolute Gasteiger partial charge is 0.150 e. The number of aromatic amines is 2. The summed E-state index contributed by atoms with van der Waals surface area (Å²) in [6, 6.07) is 1.70. The molecule has 2 N–H and O–H groups in total. The maximum Gasteiger partial charge on any atom is 0.150 e. The van der Waals surface area contributed by atoms with Crippen LogP contribution in [-0.4, -0.2) is 33.5 Å². The Morgan fingerprint density at radius 2 is 2.00 bits per heavy atom. The fourth-order valence-corrected chi connectivity index (χ4v) is 3.38. The van der Waals surface area contributed by atoms with E-state index in [1.165, 1.54) is 6.20 Å². The predicted octanol–water partition coefficient (Wildman–Crippen LogP) is 2.03. The first-order valence-electron chi connectivity index (χ1n) is 6.02. The van der Waals surface area contributed by atoms with Crippen LogP contribution in [0.1, 0.15) is 0 Å². The molecule has 0 aliphatic rings. The van der Waals surface area contributed by atoms with E-state index in [-0.39, 0.29) is 5.82 Å². The van der Waals surface area contributed by atoms with Gasteiger partial charge in [-0.3, -0.25) is 5.10 Å². The minimum Gasteiger partial charge on any atom is -0.359 e. The highest BCUT2D eigenvalue weighted by molar-refractivity contribution is 6.89. The highest BCUT2D eigenvalue weighted by Crippen LogP contribution is 2.25. The van der Waals surface area contributed by atoms with Gasteiger partial charge in [-0.25, -0.2) is 9.37 Å². The Kier molecular flexibility index (Phi) is 2.53. The molecule has 19 heavy (non-hydrogen) atoms. The van der Waals surface area contributed by atoms with Crippen molar-refractivity contribution < 1.29 is 4.39 Å². The lowest BCUT2D eigenvalue weighted by Gasteiger charge is -2.14. The van der Waals surface area contributed by atoms with Gasteiger partial charge in [0.15, 0.2) is 5.82 Å². The third kappa shape index (κ3) is 1.86. The van der Waals surface area contributed by atoms with E-state index in [0.29, 0.717) is 22.3 Å². The van der Waals surface area contributed by atoms with Crippen molar-refractivity contribution in [2.24, 2.45) is 0 Å². The Balaban J connectivity index is 2.29. The highest BCUT2D eigenvalue weighted by atomic mass is 28.3. The van der Waals surface area contributed by atoms with Crippen molar-refractivity contribution in [3.05, 3.63) is 24.3 Å². The summed E-state index contributed by atoms with van der Waals surface area (Å²) in [6.07, 6.45) is 2.93. The molecule has 3 heterocycles. The van der Waals surface area contributed by atoms with Crippen LogP contribution in [0.15, 0.2) is 18.5 Å². The molecule has 98 valence electrons. The molecule has 0 atom stereocenters. The lowest BCUT2D eigenvalue weighted by atomic mass is 10.2. The molecule has 3 aromatic heterocycles. The van der Waals surface area contributed by atoms with Gasteiger partial charge in [0, 0.05) is 16.9 Å². The number of hydrogen-bond donors (Lipinski definition) is 2. The number of pyridine rings is 1. The molecule has 0 saturated heterocycles. The van der Waals surface area contributed by atoms with Gasteiger partial charge < -0.3 is 4.98 Å². The first-order chi connectivity index (χ1) is 8.98. The summed E-state index contributed by atoms with van der Waals surface area (Å²) in [5, 5.41) is 12.5. The molecule has 0 aliphatic heterocycles. The highest BCUT2D eigenvalue weighted by Gasteiger charge is 2.26. The summed E-state index contributed by atoms with van der Waals surface area (Å²) < 4.78 is 13.7. The van der Waals surface area contributed by atoms with Crippen molar-refractivity contribution in [1.29, 1.82) is 0 Å². The average Bonchev–Trinajstić information content (AvgIpc) is 2.96. The lowest BCUT2D eigenvalue weighted by Crippen LogP contribution is -2.40. The van der Waals surface area contributed by atoms with Crippen LogP contribution in [0, 0.1) is 5.82 Å². The van der Waals surface area contributed by atoms with Gasteiger partial charge in [-0.05, 0) is 6.07 Å². The SMILES string of the molecule is C[Si](C)(C)c1[nH]nnc1-c1ncc(F)c2cc[nH]c12. The van der Waals surface area contributed by atoms with E-state index in [4.69, 9.17) is 0 Å². The number of nitrogens with zero attached hydrogens (tertiary/aromatic N) is 3. The van der Waals surface area contributed by atoms with Gasteiger partial charge in [0.2, 0.25) is 0 Å². The zero-order valence-electron chi connectivity index (χ0n) is 11.0. The van der Waals surface area contributed by atoms with Crippen molar-refractivity contribution in [1.82, 2.24) is 25.4 Å². The van der Waals surface area contributed by atoms with Crippen LogP contribution in [0.5, 0.6) is 0 Å². The minimum atomic E-state index is -1.62. The Labute approximate surface area is 110 Å². The fraction of sp³-hybridized carbons (Fsp3) is 0.250. The minimum absolute atomic E-state index is 0.335. The summed E-state index contributed by atoms with van der Waals surface area (Å²) in [5.74, 6) is -0.335. The number of rotatable bonds is 2. The summed E-state index contributed by atoms with van der Waals surface area (Å²) in [7, 11) is -1.62. The number of fused-ring (bicyclic) bond motifs is 1. The van der Waals surface area contributed by atoms with Crippen LogP contribution in [0.4, 0.5) is 4.39 Å². The quantitative estimate of drug-likeness (QED) is 0.703. The van der Waals surface area contributed by atoms with Crippen molar-refractivity contribution >= 4 is 24.3 Å². The van der Waals surface area contributed by atoms with Gasteiger partial charge in [-0.15, -0.1) is 5.10 Å². The standard InChI is InChI=1S/C12H14FN5Si/c1-19(2,3)12-11(16-18-17-12)10-9-7(4-5-14-9)8(13)6-15-10/h4-6,14H,1-3H3,(H,16,17,18). The van der Waals surface area contributed by atoms with E-state index in [1.54, 1.807) is 12.3 Å².